The van der Waals surface area contributed by atoms with Crippen molar-refractivity contribution >= 4 is 18.3 Å². The molecule has 2 aromatic rings. The molecule has 1 aliphatic rings. The minimum atomic E-state index is -5.14. The molecule has 0 radical (unpaired) electrons. The van der Waals surface area contributed by atoms with E-state index in [-0.39, 0.29) is 30.1 Å². The third kappa shape index (κ3) is 7.10. The van der Waals surface area contributed by atoms with E-state index in [9.17, 15) is 49.1 Å². The summed E-state index contributed by atoms with van der Waals surface area (Å²) in [7, 11) is 0. The Kier molecular flexibility index (Phi) is 8.56. The Morgan fingerprint density at radius 1 is 0.950 bits per heavy atom. The smallest absolute Gasteiger partial charge is 0.430 e. The molecule has 0 aliphatic carbocycles. The standard InChI is InChI=1S/C25H23F9N2O4/c1-13(2)39-22(38)40-36-14(3)6-21(19-10-16(23(26,27)28)4-5-20(19)36)35(12-37)11-15-7-17(24(29,30)31)9-18(8-15)25(32,33)34/h4-5,7-10,12-14,21H,6,11H2,1-3H3/t14-,21+/m1/s1. The summed E-state index contributed by atoms with van der Waals surface area (Å²) in [6.07, 6.45) is -16.9. The Bertz CT molecular complexity index is 1210. The molecule has 0 fully saturated rings. The summed E-state index contributed by atoms with van der Waals surface area (Å²) in [5.74, 6) is 0. The van der Waals surface area contributed by atoms with Gasteiger partial charge < -0.3 is 14.5 Å². The maximum Gasteiger partial charge on any atom is 0.533 e. The lowest BCUT2D eigenvalue weighted by atomic mass is 9.90. The molecule has 0 saturated carbocycles. The third-order valence-electron chi connectivity index (χ3n) is 5.97. The monoisotopic (exact) mass is 586 g/mol. The number of carbonyl (C=O) groups excluding carboxylic acids is 2. The first kappa shape index (κ1) is 30.9. The maximum absolute atomic E-state index is 13.5. The minimum absolute atomic E-state index is 0.0756. The topological polar surface area (TPSA) is 59.1 Å². The summed E-state index contributed by atoms with van der Waals surface area (Å²) >= 11 is 0. The van der Waals surface area contributed by atoms with Crippen LogP contribution in [-0.2, 0) is 39.4 Å². The molecule has 1 heterocycles. The number of amides is 1. The molecule has 2 aromatic carbocycles. The molecule has 220 valence electrons. The number of halogens is 9. The second-order valence-electron chi connectivity index (χ2n) is 9.40. The average Bonchev–Trinajstić information content (AvgIpc) is 2.81. The van der Waals surface area contributed by atoms with Gasteiger partial charge >= 0.3 is 24.7 Å². The number of benzene rings is 2. The summed E-state index contributed by atoms with van der Waals surface area (Å²) in [5, 5.41) is 0.978. The van der Waals surface area contributed by atoms with Gasteiger partial charge in [0.2, 0.25) is 6.41 Å². The van der Waals surface area contributed by atoms with Gasteiger partial charge in [0.25, 0.3) is 0 Å². The van der Waals surface area contributed by atoms with Gasteiger partial charge in [0, 0.05) is 12.1 Å². The van der Waals surface area contributed by atoms with E-state index in [4.69, 9.17) is 9.57 Å². The third-order valence-corrected chi connectivity index (χ3v) is 5.97. The van der Waals surface area contributed by atoms with Gasteiger partial charge in [-0.1, -0.05) is 0 Å². The zero-order chi connectivity index (χ0) is 30.2. The second-order valence-corrected chi connectivity index (χ2v) is 9.40. The summed E-state index contributed by atoms with van der Waals surface area (Å²) < 4.78 is 125. The fourth-order valence-electron chi connectivity index (χ4n) is 4.27. The normalized spacial score (nSPS) is 17.9. The molecule has 0 unspecified atom stereocenters. The van der Waals surface area contributed by atoms with Crippen molar-refractivity contribution in [3.05, 3.63) is 64.2 Å². The van der Waals surface area contributed by atoms with Gasteiger partial charge in [-0.15, -0.1) is 0 Å². The van der Waals surface area contributed by atoms with Crippen LogP contribution < -0.4 is 5.06 Å². The number of hydroxylamine groups is 1. The summed E-state index contributed by atoms with van der Waals surface area (Å²) in [6.45, 7) is 3.76. The summed E-state index contributed by atoms with van der Waals surface area (Å²) in [4.78, 5) is 30.2. The van der Waals surface area contributed by atoms with Crippen molar-refractivity contribution in [1.82, 2.24) is 4.90 Å². The summed E-state index contributed by atoms with van der Waals surface area (Å²) in [6, 6.07) is 1.11. The zero-order valence-electron chi connectivity index (χ0n) is 21.1. The fourth-order valence-corrected chi connectivity index (χ4v) is 4.27. The van der Waals surface area contributed by atoms with Crippen LogP contribution in [0.2, 0.25) is 0 Å². The highest BCUT2D eigenvalue weighted by Crippen LogP contribution is 2.44. The van der Waals surface area contributed by atoms with Gasteiger partial charge in [-0.05, 0) is 69.2 Å². The van der Waals surface area contributed by atoms with Crippen LogP contribution in [0.5, 0.6) is 0 Å². The molecule has 0 bridgehead atoms. The van der Waals surface area contributed by atoms with Crippen LogP contribution in [0.4, 0.5) is 50.0 Å². The van der Waals surface area contributed by atoms with Crippen molar-refractivity contribution in [1.29, 1.82) is 0 Å². The molecule has 15 heteroatoms. The van der Waals surface area contributed by atoms with E-state index in [0.29, 0.717) is 24.3 Å². The number of carbonyl (C=O) groups is 2. The molecule has 2 atom stereocenters. The highest BCUT2D eigenvalue weighted by atomic mass is 19.4. The minimum Gasteiger partial charge on any atom is -0.430 e. The van der Waals surface area contributed by atoms with Crippen LogP contribution in [-0.4, -0.2) is 29.6 Å². The first-order chi connectivity index (χ1) is 18.3. The Morgan fingerprint density at radius 3 is 1.98 bits per heavy atom. The van der Waals surface area contributed by atoms with E-state index in [1.807, 2.05) is 0 Å². The maximum atomic E-state index is 13.5. The lowest BCUT2D eigenvalue weighted by molar-refractivity contribution is -0.143. The number of hydrogen-bond donors (Lipinski definition) is 0. The second kappa shape index (κ2) is 11.1. The fraction of sp³-hybridized carbons (Fsp3) is 0.440. The van der Waals surface area contributed by atoms with Gasteiger partial charge in [-0.2, -0.15) is 39.5 Å². The van der Waals surface area contributed by atoms with Gasteiger partial charge in [0.1, 0.15) is 0 Å². The van der Waals surface area contributed by atoms with Crippen molar-refractivity contribution < 1.29 is 58.7 Å². The largest absolute Gasteiger partial charge is 0.533 e. The Morgan fingerprint density at radius 2 is 1.50 bits per heavy atom. The highest BCUT2D eigenvalue weighted by molar-refractivity contribution is 5.66. The van der Waals surface area contributed by atoms with Crippen molar-refractivity contribution in [2.24, 2.45) is 0 Å². The molecule has 0 aromatic heterocycles. The first-order valence-corrected chi connectivity index (χ1v) is 11.7. The van der Waals surface area contributed by atoms with Crippen molar-refractivity contribution in [3.8, 4) is 0 Å². The van der Waals surface area contributed by atoms with E-state index in [1.54, 1.807) is 0 Å². The predicted molar refractivity (Wildman–Crippen MR) is 121 cm³/mol. The van der Waals surface area contributed by atoms with Crippen LogP contribution in [0.15, 0.2) is 36.4 Å². The number of fused-ring (bicyclic) bond motifs is 1. The Hall–Kier alpha value is -3.65. The summed E-state index contributed by atoms with van der Waals surface area (Å²) in [5.41, 5.74) is -5.18. The Balaban J connectivity index is 2.08. The number of nitrogens with zero attached hydrogens (tertiary/aromatic N) is 2. The van der Waals surface area contributed by atoms with Crippen LogP contribution >= 0.6 is 0 Å². The van der Waals surface area contributed by atoms with Crippen molar-refractivity contribution in [2.75, 3.05) is 5.06 Å². The molecule has 40 heavy (non-hydrogen) atoms. The zero-order valence-corrected chi connectivity index (χ0v) is 21.1. The molecule has 1 amide bonds. The molecule has 0 saturated heterocycles. The van der Waals surface area contributed by atoms with E-state index in [1.165, 1.54) is 20.8 Å². The van der Waals surface area contributed by atoms with Gasteiger partial charge in [0.15, 0.2) is 0 Å². The van der Waals surface area contributed by atoms with E-state index in [0.717, 1.165) is 16.0 Å². The van der Waals surface area contributed by atoms with Gasteiger partial charge in [-0.3, -0.25) is 4.79 Å². The molecule has 1 aliphatic heterocycles. The molecular weight excluding hydrogens is 563 g/mol. The van der Waals surface area contributed by atoms with Crippen molar-refractivity contribution in [3.63, 3.8) is 0 Å². The van der Waals surface area contributed by atoms with Gasteiger partial charge in [-0.25, -0.2) is 9.86 Å². The number of anilines is 1. The predicted octanol–water partition coefficient (Wildman–Crippen LogP) is 7.52. The van der Waals surface area contributed by atoms with Crippen LogP contribution in [0.1, 0.15) is 61.1 Å². The van der Waals surface area contributed by atoms with Crippen LogP contribution in [0.3, 0.4) is 0 Å². The van der Waals surface area contributed by atoms with E-state index in [2.05, 4.69) is 0 Å². The van der Waals surface area contributed by atoms with Gasteiger partial charge in [0.05, 0.1) is 40.6 Å². The number of ether oxygens (including phenoxy) is 1. The van der Waals surface area contributed by atoms with E-state index < -0.39 is 71.7 Å². The lowest BCUT2D eigenvalue weighted by Gasteiger charge is -2.42. The number of hydrogen-bond acceptors (Lipinski definition) is 5. The van der Waals surface area contributed by atoms with E-state index >= 15 is 0 Å². The van der Waals surface area contributed by atoms with Crippen LogP contribution in [0, 0.1) is 0 Å². The molecule has 3 rings (SSSR count). The first-order valence-electron chi connectivity index (χ1n) is 11.7. The van der Waals surface area contributed by atoms with Crippen LogP contribution in [0.25, 0.3) is 0 Å². The Labute approximate surface area is 222 Å². The van der Waals surface area contributed by atoms with Crippen molar-refractivity contribution in [2.45, 2.75) is 70.5 Å². The average molecular weight is 586 g/mol. The molecule has 0 N–H and O–H groups in total. The lowest BCUT2D eigenvalue weighted by Crippen LogP contribution is -2.44. The number of rotatable bonds is 6. The number of alkyl halides is 9. The molecular formula is C25H23F9N2O4. The SMILES string of the molecule is CC(C)OC(=O)ON1c2ccc(C(F)(F)F)cc2[C@@H](N(C=O)Cc2cc(C(F)(F)F)cc(C(F)(F)F)c2)C[C@H]1C. The molecule has 6 nitrogen and oxygen atoms in total. The highest BCUT2D eigenvalue weighted by Gasteiger charge is 2.40. The quantitative estimate of drug-likeness (QED) is 0.199. The molecule has 0 spiro atoms.